The van der Waals surface area contributed by atoms with Crippen LogP contribution in [0.2, 0.25) is 0 Å². The Bertz CT molecular complexity index is 359. The van der Waals surface area contributed by atoms with E-state index in [4.69, 9.17) is 5.73 Å². The summed E-state index contributed by atoms with van der Waals surface area (Å²) < 4.78 is 0. The van der Waals surface area contributed by atoms with Crippen LogP contribution in [-0.2, 0) is 4.79 Å². The van der Waals surface area contributed by atoms with Crippen molar-refractivity contribution in [2.24, 2.45) is 5.73 Å². The van der Waals surface area contributed by atoms with Gasteiger partial charge in [-0.25, -0.2) is 0 Å². The third-order valence-corrected chi connectivity index (χ3v) is 2.52. The first-order valence-electron chi connectivity index (χ1n) is 4.63. The van der Waals surface area contributed by atoms with Gasteiger partial charge in [0.1, 0.15) is 0 Å². The Morgan fingerprint density at radius 3 is 2.50 bits per heavy atom. The van der Waals surface area contributed by atoms with E-state index in [1.165, 1.54) is 11.1 Å². The quantitative estimate of drug-likeness (QED) is 0.746. The molecule has 0 bridgehead atoms. The van der Waals surface area contributed by atoms with E-state index in [9.17, 15) is 4.79 Å². The average Bonchev–Trinajstić information content (AvgIpc) is 2.19. The van der Waals surface area contributed by atoms with Crippen LogP contribution in [-0.4, -0.2) is 12.5 Å². The number of hydrogen-bond donors (Lipinski definition) is 2. The van der Waals surface area contributed by atoms with Crippen LogP contribution in [0.3, 0.4) is 0 Å². The fourth-order valence-electron chi connectivity index (χ4n) is 1.29. The van der Waals surface area contributed by atoms with Crippen molar-refractivity contribution in [3.8, 4) is 0 Å². The van der Waals surface area contributed by atoms with Crippen molar-refractivity contribution in [1.29, 1.82) is 0 Å². The Hall–Kier alpha value is -1.35. The Morgan fingerprint density at radius 1 is 1.29 bits per heavy atom. The van der Waals surface area contributed by atoms with Gasteiger partial charge in [0.2, 0.25) is 5.91 Å². The second-order valence-electron chi connectivity index (χ2n) is 3.43. The summed E-state index contributed by atoms with van der Waals surface area (Å²) >= 11 is 0. The molecular weight excluding hydrogens is 176 g/mol. The summed E-state index contributed by atoms with van der Waals surface area (Å²) in [5, 5.41) is 2.76. The van der Waals surface area contributed by atoms with E-state index < -0.39 is 0 Å². The molecule has 0 saturated heterocycles. The molecule has 1 amide bonds. The number of carbonyl (C=O) groups is 1. The highest BCUT2D eigenvalue weighted by atomic mass is 16.1. The standard InChI is InChI=1S/C11H16N2O/c1-7-4-5-10(9(3)8(7)2)13-11(14)6-12/h4-5H,6,12H2,1-3H3,(H,13,14). The van der Waals surface area contributed by atoms with Gasteiger partial charge in [-0.2, -0.15) is 0 Å². The molecule has 0 unspecified atom stereocenters. The van der Waals surface area contributed by atoms with Crippen molar-refractivity contribution in [2.45, 2.75) is 20.8 Å². The molecule has 0 spiro atoms. The van der Waals surface area contributed by atoms with Crippen LogP contribution in [0.15, 0.2) is 12.1 Å². The molecule has 0 fully saturated rings. The van der Waals surface area contributed by atoms with Gasteiger partial charge < -0.3 is 11.1 Å². The Morgan fingerprint density at radius 2 is 1.93 bits per heavy atom. The molecule has 76 valence electrons. The van der Waals surface area contributed by atoms with Crippen LogP contribution in [0.1, 0.15) is 16.7 Å². The third kappa shape index (κ3) is 2.12. The lowest BCUT2D eigenvalue weighted by Gasteiger charge is -2.11. The molecule has 0 aliphatic rings. The Balaban J connectivity index is 3.00. The minimum atomic E-state index is -0.156. The highest BCUT2D eigenvalue weighted by molar-refractivity contribution is 5.93. The first-order chi connectivity index (χ1) is 6.56. The van der Waals surface area contributed by atoms with Gasteiger partial charge in [-0.3, -0.25) is 4.79 Å². The smallest absolute Gasteiger partial charge is 0.238 e. The van der Waals surface area contributed by atoms with Crippen LogP contribution >= 0.6 is 0 Å². The largest absolute Gasteiger partial charge is 0.325 e. The van der Waals surface area contributed by atoms with Crippen molar-refractivity contribution in [2.75, 3.05) is 11.9 Å². The normalized spacial score (nSPS) is 10.0. The highest BCUT2D eigenvalue weighted by Gasteiger charge is 2.05. The number of hydrogen-bond acceptors (Lipinski definition) is 2. The summed E-state index contributed by atoms with van der Waals surface area (Å²) in [4.78, 5) is 11.1. The van der Waals surface area contributed by atoms with Gasteiger partial charge in [-0.05, 0) is 43.5 Å². The van der Waals surface area contributed by atoms with Crippen LogP contribution < -0.4 is 11.1 Å². The molecule has 0 heterocycles. The van der Waals surface area contributed by atoms with Gasteiger partial charge in [-0.15, -0.1) is 0 Å². The monoisotopic (exact) mass is 192 g/mol. The Kier molecular flexibility index (Phi) is 3.25. The fourth-order valence-corrected chi connectivity index (χ4v) is 1.29. The van der Waals surface area contributed by atoms with Gasteiger partial charge in [0.15, 0.2) is 0 Å². The van der Waals surface area contributed by atoms with Crippen LogP contribution in [0, 0.1) is 20.8 Å². The summed E-state index contributed by atoms with van der Waals surface area (Å²) in [5.74, 6) is -0.156. The SMILES string of the molecule is Cc1ccc(NC(=O)CN)c(C)c1C. The molecule has 0 radical (unpaired) electrons. The van der Waals surface area contributed by atoms with Crippen molar-refractivity contribution in [3.63, 3.8) is 0 Å². The zero-order chi connectivity index (χ0) is 10.7. The molecule has 3 N–H and O–H groups in total. The van der Waals surface area contributed by atoms with E-state index in [-0.39, 0.29) is 12.5 Å². The summed E-state index contributed by atoms with van der Waals surface area (Å²) in [6, 6.07) is 3.90. The second kappa shape index (κ2) is 4.24. The fraction of sp³-hybridized carbons (Fsp3) is 0.364. The highest BCUT2D eigenvalue weighted by Crippen LogP contribution is 2.21. The first kappa shape index (κ1) is 10.7. The predicted octanol–water partition coefficient (Wildman–Crippen LogP) is 1.51. The number of benzene rings is 1. The number of carbonyl (C=O) groups excluding carboxylic acids is 1. The van der Waals surface area contributed by atoms with E-state index in [1.807, 2.05) is 26.0 Å². The zero-order valence-electron chi connectivity index (χ0n) is 8.85. The van der Waals surface area contributed by atoms with Crippen LogP contribution in [0.4, 0.5) is 5.69 Å². The molecule has 1 aromatic carbocycles. The number of nitrogens with two attached hydrogens (primary N) is 1. The van der Waals surface area contributed by atoms with Crippen molar-refractivity contribution in [3.05, 3.63) is 28.8 Å². The van der Waals surface area contributed by atoms with E-state index >= 15 is 0 Å². The molecule has 0 aliphatic heterocycles. The zero-order valence-corrected chi connectivity index (χ0v) is 8.85. The average molecular weight is 192 g/mol. The van der Waals surface area contributed by atoms with Crippen molar-refractivity contribution in [1.82, 2.24) is 0 Å². The maximum atomic E-state index is 11.1. The topological polar surface area (TPSA) is 55.1 Å². The summed E-state index contributed by atoms with van der Waals surface area (Å²) in [6.45, 7) is 6.11. The minimum absolute atomic E-state index is 0.0202. The lowest BCUT2D eigenvalue weighted by molar-refractivity contribution is -0.114. The molecule has 0 aliphatic carbocycles. The van der Waals surface area contributed by atoms with Crippen LogP contribution in [0.5, 0.6) is 0 Å². The number of nitrogens with one attached hydrogen (secondary N) is 1. The van der Waals surface area contributed by atoms with Crippen molar-refractivity contribution < 1.29 is 4.79 Å². The van der Waals surface area contributed by atoms with Crippen LogP contribution in [0.25, 0.3) is 0 Å². The summed E-state index contributed by atoms with van der Waals surface area (Å²) in [7, 11) is 0. The summed E-state index contributed by atoms with van der Waals surface area (Å²) in [6.07, 6.45) is 0. The van der Waals surface area contributed by atoms with E-state index in [0.717, 1.165) is 11.3 Å². The van der Waals surface area contributed by atoms with Gasteiger partial charge in [0.05, 0.1) is 6.54 Å². The number of rotatable bonds is 2. The predicted molar refractivity (Wildman–Crippen MR) is 58.3 cm³/mol. The summed E-state index contributed by atoms with van der Waals surface area (Å²) in [5.41, 5.74) is 9.62. The van der Waals surface area contributed by atoms with E-state index in [0.29, 0.717) is 0 Å². The second-order valence-corrected chi connectivity index (χ2v) is 3.43. The maximum absolute atomic E-state index is 11.1. The molecular formula is C11H16N2O. The van der Waals surface area contributed by atoms with Gasteiger partial charge >= 0.3 is 0 Å². The maximum Gasteiger partial charge on any atom is 0.238 e. The lowest BCUT2D eigenvalue weighted by Crippen LogP contribution is -2.22. The molecule has 0 atom stereocenters. The van der Waals surface area contributed by atoms with E-state index in [1.54, 1.807) is 0 Å². The van der Waals surface area contributed by atoms with E-state index in [2.05, 4.69) is 12.2 Å². The van der Waals surface area contributed by atoms with Gasteiger partial charge in [0, 0.05) is 5.69 Å². The number of anilines is 1. The number of aryl methyl sites for hydroxylation is 1. The molecule has 3 heteroatoms. The first-order valence-corrected chi connectivity index (χ1v) is 4.63. The molecule has 3 nitrogen and oxygen atoms in total. The van der Waals surface area contributed by atoms with Crippen molar-refractivity contribution >= 4 is 11.6 Å². The van der Waals surface area contributed by atoms with Gasteiger partial charge in [0.25, 0.3) is 0 Å². The molecule has 14 heavy (non-hydrogen) atoms. The minimum Gasteiger partial charge on any atom is -0.325 e. The van der Waals surface area contributed by atoms with Gasteiger partial charge in [-0.1, -0.05) is 6.07 Å². The number of amides is 1. The third-order valence-electron chi connectivity index (χ3n) is 2.52. The molecule has 0 aromatic heterocycles. The Labute approximate surface area is 84.3 Å². The molecule has 1 rings (SSSR count). The molecule has 1 aromatic rings. The molecule has 0 saturated carbocycles. The lowest BCUT2D eigenvalue weighted by atomic mass is 10.0.